The quantitative estimate of drug-likeness (QED) is 0.368. The summed E-state index contributed by atoms with van der Waals surface area (Å²) in [7, 11) is 1.68. The summed E-state index contributed by atoms with van der Waals surface area (Å²) < 4.78 is 5.29. The summed E-state index contributed by atoms with van der Waals surface area (Å²) in [5.41, 5.74) is 7.21. The average Bonchev–Trinajstić information content (AvgIpc) is 2.75. The molecule has 0 atom stereocenters. The fraction of sp³-hybridized carbons (Fsp3) is 0.0417. The van der Waals surface area contributed by atoms with E-state index in [9.17, 15) is 0 Å². The van der Waals surface area contributed by atoms with Gasteiger partial charge in [0.15, 0.2) is 0 Å². The molecule has 1 N–H and O–H groups in total. The fourth-order valence-electron chi connectivity index (χ4n) is 3.03. The molecule has 0 fully saturated rings. The zero-order chi connectivity index (χ0) is 18.5. The summed E-state index contributed by atoms with van der Waals surface area (Å²) in [5.74, 6) is 0.858. The molecule has 0 amide bonds. The molecule has 4 aromatic rings. The minimum absolute atomic E-state index is 0.858. The summed E-state index contributed by atoms with van der Waals surface area (Å²) in [6.07, 6.45) is 0. The van der Waals surface area contributed by atoms with Gasteiger partial charge in [0, 0.05) is 11.1 Å². The number of benzene rings is 4. The van der Waals surface area contributed by atoms with Crippen molar-refractivity contribution in [2.24, 2.45) is 5.10 Å². The summed E-state index contributed by atoms with van der Waals surface area (Å²) in [4.78, 5) is 0. The van der Waals surface area contributed by atoms with E-state index in [1.165, 1.54) is 0 Å². The summed E-state index contributed by atoms with van der Waals surface area (Å²) >= 11 is 0. The lowest BCUT2D eigenvalue weighted by Crippen LogP contribution is -2.06. The first-order valence-electron chi connectivity index (χ1n) is 8.86. The van der Waals surface area contributed by atoms with Crippen molar-refractivity contribution in [1.82, 2.24) is 0 Å². The number of hydrogen-bond acceptors (Lipinski definition) is 3. The average molecular weight is 352 g/mol. The van der Waals surface area contributed by atoms with Gasteiger partial charge in [-0.3, -0.25) is 5.43 Å². The Morgan fingerprint density at radius 3 is 1.93 bits per heavy atom. The summed E-state index contributed by atoms with van der Waals surface area (Å²) in [5, 5.41) is 6.99. The number of methoxy groups -OCH3 is 1. The first-order valence-corrected chi connectivity index (χ1v) is 8.86. The topological polar surface area (TPSA) is 33.6 Å². The van der Waals surface area contributed by atoms with Gasteiger partial charge in [0.05, 0.1) is 18.5 Å². The highest BCUT2D eigenvalue weighted by Crippen LogP contribution is 2.24. The molecule has 27 heavy (non-hydrogen) atoms. The van der Waals surface area contributed by atoms with Crippen molar-refractivity contribution >= 4 is 22.2 Å². The van der Waals surface area contributed by atoms with E-state index in [1.807, 2.05) is 54.6 Å². The van der Waals surface area contributed by atoms with Crippen LogP contribution in [-0.4, -0.2) is 12.8 Å². The van der Waals surface area contributed by atoms with Crippen LogP contribution < -0.4 is 10.2 Å². The third-order valence-electron chi connectivity index (χ3n) is 4.44. The van der Waals surface area contributed by atoms with Gasteiger partial charge in [0.25, 0.3) is 0 Å². The molecule has 4 aromatic carbocycles. The van der Waals surface area contributed by atoms with Crippen LogP contribution in [0.15, 0.2) is 102 Å². The first kappa shape index (κ1) is 16.9. The zero-order valence-corrected chi connectivity index (χ0v) is 15.1. The van der Waals surface area contributed by atoms with Crippen molar-refractivity contribution in [3.8, 4) is 5.75 Å². The minimum Gasteiger partial charge on any atom is -0.497 e. The normalized spacial score (nSPS) is 10.4. The van der Waals surface area contributed by atoms with Crippen molar-refractivity contribution in [1.29, 1.82) is 0 Å². The highest BCUT2D eigenvalue weighted by atomic mass is 16.5. The molecule has 3 heteroatoms. The van der Waals surface area contributed by atoms with Gasteiger partial charge in [0.2, 0.25) is 0 Å². The van der Waals surface area contributed by atoms with Crippen molar-refractivity contribution < 1.29 is 4.74 Å². The Kier molecular flexibility index (Phi) is 4.84. The van der Waals surface area contributed by atoms with E-state index < -0.39 is 0 Å². The van der Waals surface area contributed by atoms with Crippen LogP contribution in [0, 0.1) is 0 Å². The molecule has 0 saturated heterocycles. The molecule has 0 aliphatic carbocycles. The van der Waals surface area contributed by atoms with Crippen molar-refractivity contribution in [3.05, 3.63) is 108 Å². The number of nitrogens with one attached hydrogen (secondary N) is 1. The standard InChI is InChI=1S/C24H20N2O/c1-27-23-15-13-20-16-22(14-12-21(20)17-23)25-26-24(18-8-4-2-5-9-18)19-10-6-3-7-11-19/h2-17,25H,1H3. The minimum atomic E-state index is 0.858. The van der Waals surface area contributed by atoms with E-state index >= 15 is 0 Å². The Morgan fingerprint density at radius 2 is 1.30 bits per heavy atom. The maximum absolute atomic E-state index is 5.29. The Morgan fingerprint density at radius 1 is 0.704 bits per heavy atom. The molecule has 3 nitrogen and oxygen atoms in total. The predicted octanol–water partition coefficient (Wildman–Crippen LogP) is 5.71. The Balaban J connectivity index is 1.68. The van der Waals surface area contributed by atoms with Gasteiger partial charge in [-0.2, -0.15) is 5.10 Å². The number of rotatable bonds is 5. The first-order chi connectivity index (χ1) is 13.3. The SMILES string of the molecule is COc1ccc2cc(NN=C(c3ccccc3)c3ccccc3)ccc2c1. The van der Waals surface area contributed by atoms with Crippen LogP contribution in [-0.2, 0) is 0 Å². The highest BCUT2D eigenvalue weighted by molar-refractivity contribution is 6.13. The maximum atomic E-state index is 5.29. The number of hydrazone groups is 1. The molecule has 0 aliphatic rings. The van der Waals surface area contributed by atoms with Gasteiger partial charge in [-0.05, 0) is 35.0 Å². The Labute approximate surface area is 158 Å². The Hall–Kier alpha value is -3.59. The van der Waals surface area contributed by atoms with Crippen LogP contribution in [0.4, 0.5) is 5.69 Å². The lowest BCUT2D eigenvalue weighted by molar-refractivity contribution is 0.415. The van der Waals surface area contributed by atoms with Crippen molar-refractivity contribution in [2.75, 3.05) is 12.5 Å². The zero-order valence-electron chi connectivity index (χ0n) is 15.1. The van der Waals surface area contributed by atoms with E-state index in [1.54, 1.807) is 7.11 Å². The maximum Gasteiger partial charge on any atom is 0.119 e. The van der Waals surface area contributed by atoms with Gasteiger partial charge < -0.3 is 4.74 Å². The lowest BCUT2D eigenvalue weighted by atomic mass is 10.0. The highest BCUT2D eigenvalue weighted by Gasteiger charge is 2.06. The van der Waals surface area contributed by atoms with Crippen molar-refractivity contribution in [3.63, 3.8) is 0 Å². The van der Waals surface area contributed by atoms with Crippen LogP contribution in [0.2, 0.25) is 0 Å². The number of hydrogen-bond donors (Lipinski definition) is 1. The second-order valence-electron chi connectivity index (χ2n) is 6.23. The predicted molar refractivity (Wildman–Crippen MR) is 113 cm³/mol. The third kappa shape index (κ3) is 3.82. The molecule has 132 valence electrons. The molecule has 0 bridgehead atoms. The molecule has 0 aliphatic heterocycles. The molecule has 0 aromatic heterocycles. The van der Waals surface area contributed by atoms with Gasteiger partial charge in [0.1, 0.15) is 5.75 Å². The van der Waals surface area contributed by atoms with E-state index in [2.05, 4.69) is 47.9 Å². The second kappa shape index (κ2) is 7.75. The van der Waals surface area contributed by atoms with Gasteiger partial charge in [-0.1, -0.05) is 72.8 Å². The largest absolute Gasteiger partial charge is 0.497 e. The van der Waals surface area contributed by atoms with E-state index in [-0.39, 0.29) is 0 Å². The van der Waals surface area contributed by atoms with E-state index in [0.29, 0.717) is 0 Å². The third-order valence-corrected chi connectivity index (χ3v) is 4.44. The van der Waals surface area contributed by atoms with Gasteiger partial charge >= 0.3 is 0 Å². The Bertz CT molecular complexity index is 1030. The monoisotopic (exact) mass is 352 g/mol. The molecular weight excluding hydrogens is 332 g/mol. The molecule has 0 heterocycles. The van der Waals surface area contributed by atoms with Crippen molar-refractivity contribution in [2.45, 2.75) is 0 Å². The van der Waals surface area contributed by atoms with Gasteiger partial charge in [-0.25, -0.2) is 0 Å². The fourth-order valence-corrected chi connectivity index (χ4v) is 3.03. The van der Waals surface area contributed by atoms with E-state index in [0.717, 1.165) is 39.0 Å². The number of fused-ring (bicyclic) bond motifs is 1. The van der Waals surface area contributed by atoms with Crippen LogP contribution in [0.25, 0.3) is 10.8 Å². The molecule has 0 spiro atoms. The summed E-state index contributed by atoms with van der Waals surface area (Å²) in [6, 6.07) is 32.6. The summed E-state index contributed by atoms with van der Waals surface area (Å²) in [6.45, 7) is 0. The second-order valence-corrected chi connectivity index (χ2v) is 6.23. The lowest BCUT2D eigenvalue weighted by Gasteiger charge is -2.09. The number of nitrogens with zero attached hydrogens (tertiary/aromatic N) is 1. The van der Waals surface area contributed by atoms with E-state index in [4.69, 9.17) is 9.84 Å². The van der Waals surface area contributed by atoms with Crippen LogP contribution in [0.5, 0.6) is 5.75 Å². The molecular formula is C24H20N2O. The van der Waals surface area contributed by atoms with Gasteiger partial charge in [-0.15, -0.1) is 0 Å². The number of ether oxygens (including phenoxy) is 1. The van der Waals surface area contributed by atoms with Crippen LogP contribution >= 0.6 is 0 Å². The van der Waals surface area contributed by atoms with Crippen LogP contribution in [0.3, 0.4) is 0 Å². The molecule has 0 unspecified atom stereocenters. The number of anilines is 1. The van der Waals surface area contributed by atoms with Crippen LogP contribution in [0.1, 0.15) is 11.1 Å². The smallest absolute Gasteiger partial charge is 0.119 e. The molecule has 4 rings (SSSR count). The molecule has 0 radical (unpaired) electrons. The molecule has 0 saturated carbocycles.